The van der Waals surface area contributed by atoms with E-state index >= 15 is 0 Å². The number of carbonyl (C=O) groups excluding carboxylic acids is 2. The SMILES string of the molecule is CC(C)(C)c1cc2c(c(NC(=O)Nc3ccc(Cl)cc3)c1)O[C@@](C(=O)Nc1ccccn1)(c1ccccc1)CC2.O. The highest BCUT2D eigenvalue weighted by Gasteiger charge is 2.46. The van der Waals surface area contributed by atoms with Gasteiger partial charge in [-0.05, 0) is 65.4 Å². The van der Waals surface area contributed by atoms with Gasteiger partial charge in [-0.15, -0.1) is 0 Å². The molecular formula is C32H33ClN4O4. The maximum Gasteiger partial charge on any atom is 0.323 e. The molecule has 0 saturated carbocycles. The molecule has 41 heavy (non-hydrogen) atoms. The number of urea groups is 1. The van der Waals surface area contributed by atoms with Crippen LogP contribution < -0.4 is 20.7 Å². The summed E-state index contributed by atoms with van der Waals surface area (Å²) in [6, 6.07) is 25.2. The van der Waals surface area contributed by atoms with E-state index in [-0.39, 0.29) is 16.8 Å². The van der Waals surface area contributed by atoms with Crippen LogP contribution in [0.3, 0.4) is 0 Å². The van der Waals surface area contributed by atoms with E-state index < -0.39 is 11.6 Å². The number of hydrogen-bond acceptors (Lipinski definition) is 4. The van der Waals surface area contributed by atoms with E-state index in [1.54, 1.807) is 42.6 Å². The smallest absolute Gasteiger partial charge is 0.323 e. The van der Waals surface area contributed by atoms with E-state index in [9.17, 15) is 9.59 Å². The first-order chi connectivity index (χ1) is 19.1. The molecule has 9 heteroatoms. The molecule has 8 nitrogen and oxygen atoms in total. The zero-order chi connectivity index (χ0) is 28.3. The molecule has 3 aromatic carbocycles. The number of hydrogen-bond donors (Lipinski definition) is 3. The second-order valence-electron chi connectivity index (χ2n) is 10.8. The molecule has 0 fully saturated rings. The number of carbonyl (C=O) groups is 2. The number of anilines is 3. The summed E-state index contributed by atoms with van der Waals surface area (Å²) in [6.07, 6.45) is 2.60. The highest BCUT2D eigenvalue weighted by atomic mass is 35.5. The maximum absolute atomic E-state index is 13.9. The summed E-state index contributed by atoms with van der Waals surface area (Å²) >= 11 is 5.99. The monoisotopic (exact) mass is 572 g/mol. The van der Waals surface area contributed by atoms with Crippen molar-refractivity contribution in [3.63, 3.8) is 0 Å². The van der Waals surface area contributed by atoms with E-state index in [4.69, 9.17) is 16.3 Å². The van der Waals surface area contributed by atoms with Crippen LogP contribution in [0.2, 0.25) is 5.02 Å². The first-order valence-electron chi connectivity index (χ1n) is 13.1. The largest absolute Gasteiger partial charge is 0.470 e. The van der Waals surface area contributed by atoms with Gasteiger partial charge in [-0.25, -0.2) is 9.78 Å². The Morgan fingerprint density at radius 3 is 2.27 bits per heavy atom. The maximum atomic E-state index is 13.9. The van der Waals surface area contributed by atoms with Gasteiger partial charge >= 0.3 is 6.03 Å². The van der Waals surface area contributed by atoms with Crippen molar-refractivity contribution in [2.24, 2.45) is 0 Å². The zero-order valence-electron chi connectivity index (χ0n) is 23.1. The molecule has 212 valence electrons. The second-order valence-corrected chi connectivity index (χ2v) is 11.2. The lowest BCUT2D eigenvalue weighted by atomic mass is 9.80. The second kappa shape index (κ2) is 12.0. The van der Waals surface area contributed by atoms with Crippen molar-refractivity contribution in [3.05, 3.63) is 113 Å². The Kier molecular flexibility index (Phi) is 8.66. The number of nitrogens with one attached hydrogen (secondary N) is 3. The average molecular weight is 573 g/mol. The summed E-state index contributed by atoms with van der Waals surface area (Å²) < 4.78 is 6.71. The molecular weight excluding hydrogens is 540 g/mol. The number of fused-ring (bicyclic) bond motifs is 1. The molecule has 0 radical (unpaired) electrons. The normalized spacial score (nSPS) is 15.9. The fourth-order valence-electron chi connectivity index (χ4n) is 4.73. The number of benzene rings is 3. The Morgan fingerprint density at radius 2 is 1.61 bits per heavy atom. The van der Waals surface area contributed by atoms with E-state index in [0.717, 1.165) is 11.1 Å². The predicted molar refractivity (Wildman–Crippen MR) is 163 cm³/mol. The molecule has 0 saturated heterocycles. The number of aryl methyl sites for hydroxylation is 1. The quantitative estimate of drug-likeness (QED) is 0.246. The van der Waals surface area contributed by atoms with Gasteiger partial charge in [-0.3, -0.25) is 4.79 Å². The number of ether oxygens (including phenoxy) is 1. The third-order valence-electron chi connectivity index (χ3n) is 6.92. The first-order valence-corrected chi connectivity index (χ1v) is 13.5. The lowest BCUT2D eigenvalue weighted by molar-refractivity contribution is -0.133. The van der Waals surface area contributed by atoms with Gasteiger partial charge in [-0.2, -0.15) is 0 Å². The Bertz CT molecular complexity index is 1520. The van der Waals surface area contributed by atoms with Gasteiger partial charge in [0.2, 0.25) is 5.60 Å². The van der Waals surface area contributed by atoms with E-state index in [2.05, 4.69) is 47.8 Å². The molecule has 0 aliphatic carbocycles. The number of aromatic nitrogens is 1. The summed E-state index contributed by atoms with van der Waals surface area (Å²) in [6.45, 7) is 6.35. The van der Waals surface area contributed by atoms with Gasteiger partial charge in [-0.1, -0.05) is 74.8 Å². The Balaban J connectivity index is 0.00000387. The molecule has 3 amide bonds. The Morgan fingerprint density at radius 1 is 0.902 bits per heavy atom. The molecule has 1 aliphatic heterocycles. The van der Waals surface area contributed by atoms with Crippen molar-refractivity contribution in [1.29, 1.82) is 0 Å². The predicted octanol–water partition coefficient (Wildman–Crippen LogP) is 6.71. The molecule has 1 atom stereocenters. The van der Waals surface area contributed by atoms with Gasteiger partial charge in [0, 0.05) is 28.9 Å². The summed E-state index contributed by atoms with van der Waals surface area (Å²) in [4.78, 5) is 31.3. The van der Waals surface area contributed by atoms with Crippen molar-refractivity contribution in [2.75, 3.05) is 16.0 Å². The van der Waals surface area contributed by atoms with Gasteiger partial charge < -0.3 is 26.2 Å². The Labute approximate surface area is 244 Å². The number of rotatable bonds is 5. The van der Waals surface area contributed by atoms with E-state index in [1.807, 2.05) is 42.5 Å². The minimum Gasteiger partial charge on any atom is -0.470 e. The minimum absolute atomic E-state index is 0. The lowest BCUT2D eigenvalue weighted by Crippen LogP contribution is -2.48. The molecule has 2 heterocycles. The van der Waals surface area contributed by atoms with Crippen LogP contribution in [0.25, 0.3) is 0 Å². The van der Waals surface area contributed by atoms with Crippen LogP contribution in [-0.2, 0) is 22.2 Å². The minimum atomic E-state index is -1.34. The average Bonchev–Trinajstić information content (AvgIpc) is 2.94. The highest BCUT2D eigenvalue weighted by molar-refractivity contribution is 6.30. The van der Waals surface area contributed by atoms with E-state index in [1.165, 1.54) is 0 Å². The molecule has 4 aromatic rings. The molecule has 0 bridgehead atoms. The lowest BCUT2D eigenvalue weighted by Gasteiger charge is -2.39. The Hall–Kier alpha value is -4.40. The van der Waals surface area contributed by atoms with Crippen LogP contribution in [0.5, 0.6) is 5.75 Å². The van der Waals surface area contributed by atoms with Crippen LogP contribution in [0.1, 0.15) is 43.9 Å². The number of halogens is 1. The van der Waals surface area contributed by atoms with Crippen LogP contribution >= 0.6 is 11.6 Å². The fourth-order valence-corrected chi connectivity index (χ4v) is 4.86. The van der Waals surface area contributed by atoms with Crippen LogP contribution in [-0.4, -0.2) is 22.4 Å². The summed E-state index contributed by atoms with van der Waals surface area (Å²) in [5.74, 6) is 0.561. The zero-order valence-corrected chi connectivity index (χ0v) is 23.9. The summed E-state index contributed by atoms with van der Waals surface area (Å²) in [5, 5.41) is 9.32. The number of amides is 3. The molecule has 0 spiro atoms. The molecule has 1 aliphatic rings. The third-order valence-corrected chi connectivity index (χ3v) is 7.17. The van der Waals surface area contributed by atoms with Gasteiger partial charge in [0.15, 0.2) is 0 Å². The van der Waals surface area contributed by atoms with Crippen LogP contribution in [0.15, 0.2) is 91.1 Å². The molecule has 0 unspecified atom stereocenters. The first kappa shape index (κ1) is 29.6. The highest BCUT2D eigenvalue weighted by Crippen LogP contribution is 2.46. The number of pyridine rings is 1. The topological polar surface area (TPSA) is 124 Å². The van der Waals surface area contributed by atoms with Gasteiger partial charge in [0.05, 0.1) is 5.69 Å². The van der Waals surface area contributed by atoms with Gasteiger partial charge in [0.25, 0.3) is 5.91 Å². The fraction of sp³-hybridized carbons (Fsp3) is 0.219. The molecule has 1 aromatic heterocycles. The van der Waals surface area contributed by atoms with E-state index in [0.29, 0.717) is 46.4 Å². The van der Waals surface area contributed by atoms with Crippen LogP contribution in [0, 0.1) is 0 Å². The molecule has 5 rings (SSSR count). The van der Waals surface area contributed by atoms with Crippen LogP contribution in [0.4, 0.5) is 22.0 Å². The van der Waals surface area contributed by atoms with Crippen molar-refractivity contribution in [1.82, 2.24) is 4.98 Å². The van der Waals surface area contributed by atoms with Crippen molar-refractivity contribution >= 4 is 40.7 Å². The van der Waals surface area contributed by atoms with Crippen molar-refractivity contribution in [3.8, 4) is 5.75 Å². The summed E-state index contributed by atoms with van der Waals surface area (Å²) in [5.41, 5.74) is 2.25. The van der Waals surface area contributed by atoms with Gasteiger partial charge in [0.1, 0.15) is 11.6 Å². The standard InChI is InChI=1S/C32H31ClN4O3.H2O/c1-31(2,3)23-19-21-16-17-32(22-9-5-4-6-10-22,29(38)37-27-11-7-8-18-34-27)40-28(21)26(20-23)36-30(39)35-25-14-12-24(33)13-15-25;/h4-15,18-20H,16-17H2,1-3H3,(H,34,37,38)(H2,35,36,39);1H2/t32-;/m1./s1. The molecule has 5 N–H and O–H groups in total. The number of nitrogens with zero attached hydrogens (tertiary/aromatic N) is 1. The third kappa shape index (κ3) is 6.51. The van der Waals surface area contributed by atoms with Crippen molar-refractivity contribution in [2.45, 2.75) is 44.6 Å². The van der Waals surface area contributed by atoms with Crippen molar-refractivity contribution < 1.29 is 19.8 Å². The summed E-state index contributed by atoms with van der Waals surface area (Å²) in [7, 11) is 0.